The molecule has 1 saturated heterocycles. The molecule has 3 saturated carbocycles. The highest BCUT2D eigenvalue weighted by Crippen LogP contribution is 2.68. The highest BCUT2D eigenvalue weighted by molar-refractivity contribution is 5.31. The molecule has 1 spiro atoms. The maximum atomic E-state index is 10.2. The molecule has 7 atom stereocenters. The Labute approximate surface area is 152 Å². The van der Waals surface area contributed by atoms with Gasteiger partial charge in [0.25, 0.3) is 0 Å². The summed E-state index contributed by atoms with van der Waals surface area (Å²) in [6, 6.07) is 0. The fourth-order valence-corrected chi connectivity index (χ4v) is 7.98. The van der Waals surface area contributed by atoms with Crippen molar-refractivity contribution in [1.29, 1.82) is 0 Å². The Morgan fingerprint density at radius 2 is 1.80 bits per heavy atom. The van der Waals surface area contributed by atoms with E-state index in [9.17, 15) is 5.11 Å². The van der Waals surface area contributed by atoms with Gasteiger partial charge in [-0.25, -0.2) is 0 Å². The lowest BCUT2D eigenvalue weighted by atomic mass is 9.45. The third kappa shape index (κ3) is 1.98. The summed E-state index contributed by atoms with van der Waals surface area (Å²) in [6.45, 7) is 8.69. The summed E-state index contributed by atoms with van der Waals surface area (Å²) in [5.41, 5.74) is 1.86. The lowest BCUT2D eigenvalue weighted by Crippen LogP contribution is -2.58. The first kappa shape index (κ1) is 16.8. The Morgan fingerprint density at radius 3 is 2.56 bits per heavy atom. The Kier molecular flexibility index (Phi) is 3.57. The van der Waals surface area contributed by atoms with Crippen LogP contribution in [0.15, 0.2) is 11.6 Å². The van der Waals surface area contributed by atoms with Gasteiger partial charge in [0.15, 0.2) is 5.79 Å². The highest BCUT2D eigenvalue weighted by Gasteiger charge is 2.67. The molecule has 1 aliphatic heterocycles. The second-order valence-electron chi connectivity index (χ2n) is 10.1. The minimum Gasteiger partial charge on any atom is -0.393 e. The first-order valence-corrected chi connectivity index (χ1v) is 10.6. The molecule has 0 aromatic carbocycles. The lowest BCUT2D eigenvalue weighted by Gasteiger charge is -2.61. The lowest BCUT2D eigenvalue weighted by molar-refractivity contribution is -0.236. The molecule has 5 rings (SSSR count). The minimum absolute atomic E-state index is 0.0549. The number of hydrogen-bond acceptors (Lipinski definition) is 3. The quantitative estimate of drug-likeness (QED) is 0.665. The molecule has 0 aromatic heterocycles. The van der Waals surface area contributed by atoms with Gasteiger partial charge in [-0.1, -0.05) is 19.9 Å². The summed E-state index contributed by atoms with van der Waals surface area (Å²) in [5.74, 6) is 2.44. The van der Waals surface area contributed by atoms with E-state index in [0.717, 1.165) is 43.8 Å². The Morgan fingerprint density at radius 1 is 1.04 bits per heavy atom. The SMILES string of the molecule is CC1=C[C@@H]2[C@H]3CC[C@@H]4C[C@H](O)CC[C@@]4(C)[C@@H]3CC[C@@]2(C)C12OCCO2. The van der Waals surface area contributed by atoms with Crippen LogP contribution in [0.1, 0.15) is 65.7 Å². The summed E-state index contributed by atoms with van der Waals surface area (Å²) in [6.07, 6.45) is 10.8. The van der Waals surface area contributed by atoms with Gasteiger partial charge in [0, 0.05) is 5.41 Å². The minimum atomic E-state index is -0.441. The van der Waals surface area contributed by atoms with Crippen molar-refractivity contribution < 1.29 is 14.6 Å². The fraction of sp³-hybridized carbons (Fsp3) is 0.909. The van der Waals surface area contributed by atoms with Crippen molar-refractivity contribution in [2.75, 3.05) is 13.2 Å². The zero-order valence-corrected chi connectivity index (χ0v) is 16.1. The van der Waals surface area contributed by atoms with Crippen molar-refractivity contribution in [3.8, 4) is 0 Å². The molecule has 3 nitrogen and oxygen atoms in total. The summed E-state index contributed by atoms with van der Waals surface area (Å²) in [5, 5.41) is 10.2. The van der Waals surface area contributed by atoms with Gasteiger partial charge in [0.2, 0.25) is 0 Å². The molecular formula is C22H34O3. The van der Waals surface area contributed by atoms with E-state index < -0.39 is 5.79 Å². The van der Waals surface area contributed by atoms with E-state index in [2.05, 4.69) is 26.8 Å². The van der Waals surface area contributed by atoms with Gasteiger partial charge >= 0.3 is 0 Å². The molecule has 0 unspecified atom stereocenters. The number of aliphatic hydroxyl groups excluding tert-OH is 1. The van der Waals surface area contributed by atoms with E-state index in [-0.39, 0.29) is 11.5 Å². The van der Waals surface area contributed by atoms with Crippen LogP contribution in [0.3, 0.4) is 0 Å². The molecule has 140 valence electrons. The molecule has 1 N–H and O–H groups in total. The molecule has 0 bridgehead atoms. The summed E-state index contributed by atoms with van der Waals surface area (Å²) in [7, 11) is 0. The monoisotopic (exact) mass is 346 g/mol. The van der Waals surface area contributed by atoms with Crippen LogP contribution in [0.5, 0.6) is 0 Å². The Hall–Kier alpha value is -0.380. The predicted molar refractivity (Wildman–Crippen MR) is 96.9 cm³/mol. The molecule has 4 fully saturated rings. The van der Waals surface area contributed by atoms with Gasteiger partial charge in [0.1, 0.15) is 0 Å². The maximum Gasteiger partial charge on any atom is 0.196 e. The van der Waals surface area contributed by atoms with Crippen molar-refractivity contribution in [3.05, 3.63) is 11.6 Å². The standard InChI is InChI=1S/C22H34O3/c1-14-12-19-17-5-4-15-13-16(23)6-8-20(15,2)18(17)7-9-21(19,3)22(14)24-10-11-25-22/h12,15-19,23H,4-11,13H2,1-3H3/t15-,16-,17+,18-,19-,20-,21-/m1/s1. The fourth-order valence-electron chi connectivity index (χ4n) is 7.98. The number of hydrogen-bond donors (Lipinski definition) is 1. The molecule has 0 aromatic rings. The van der Waals surface area contributed by atoms with E-state index in [4.69, 9.17) is 9.47 Å². The molecule has 25 heavy (non-hydrogen) atoms. The number of ether oxygens (including phenoxy) is 2. The van der Waals surface area contributed by atoms with Crippen molar-refractivity contribution >= 4 is 0 Å². The van der Waals surface area contributed by atoms with Crippen LogP contribution >= 0.6 is 0 Å². The van der Waals surface area contributed by atoms with Crippen LogP contribution in [-0.4, -0.2) is 30.2 Å². The van der Waals surface area contributed by atoms with Crippen LogP contribution in [0.4, 0.5) is 0 Å². The van der Waals surface area contributed by atoms with Crippen molar-refractivity contribution in [2.24, 2.45) is 34.5 Å². The number of allylic oxidation sites excluding steroid dienone is 1. The summed E-state index contributed by atoms with van der Waals surface area (Å²) >= 11 is 0. The van der Waals surface area contributed by atoms with Gasteiger partial charge in [-0.15, -0.1) is 0 Å². The molecule has 5 aliphatic rings. The second-order valence-corrected chi connectivity index (χ2v) is 10.1. The van der Waals surface area contributed by atoms with Crippen LogP contribution in [0.2, 0.25) is 0 Å². The van der Waals surface area contributed by atoms with E-state index in [1.165, 1.54) is 37.7 Å². The zero-order valence-electron chi connectivity index (χ0n) is 16.1. The van der Waals surface area contributed by atoms with Gasteiger partial charge < -0.3 is 14.6 Å². The van der Waals surface area contributed by atoms with Crippen LogP contribution < -0.4 is 0 Å². The van der Waals surface area contributed by atoms with E-state index in [1.54, 1.807) is 0 Å². The Balaban J connectivity index is 1.49. The number of fused-ring (bicyclic) bond motifs is 6. The molecule has 3 heteroatoms. The van der Waals surface area contributed by atoms with Crippen molar-refractivity contribution in [2.45, 2.75) is 77.6 Å². The average Bonchev–Trinajstić information content (AvgIpc) is 3.16. The highest BCUT2D eigenvalue weighted by atomic mass is 16.7. The average molecular weight is 347 g/mol. The second kappa shape index (κ2) is 5.33. The van der Waals surface area contributed by atoms with Crippen LogP contribution in [0, 0.1) is 34.5 Å². The van der Waals surface area contributed by atoms with Crippen LogP contribution in [-0.2, 0) is 9.47 Å². The normalized spacial score (nSPS) is 53.9. The third-order valence-electron chi connectivity index (χ3n) is 9.28. The van der Waals surface area contributed by atoms with Gasteiger partial charge in [-0.2, -0.15) is 0 Å². The van der Waals surface area contributed by atoms with Gasteiger partial charge in [-0.3, -0.25) is 0 Å². The number of aliphatic hydroxyl groups is 1. The van der Waals surface area contributed by atoms with Gasteiger partial charge in [0.05, 0.1) is 19.3 Å². The third-order valence-corrected chi connectivity index (χ3v) is 9.28. The smallest absolute Gasteiger partial charge is 0.196 e. The first-order valence-electron chi connectivity index (χ1n) is 10.6. The zero-order chi connectivity index (χ0) is 17.4. The molecule has 1 heterocycles. The molecule has 4 aliphatic carbocycles. The summed E-state index contributed by atoms with van der Waals surface area (Å²) < 4.78 is 12.6. The van der Waals surface area contributed by atoms with Crippen molar-refractivity contribution in [3.63, 3.8) is 0 Å². The number of rotatable bonds is 0. The molecule has 0 amide bonds. The topological polar surface area (TPSA) is 38.7 Å². The van der Waals surface area contributed by atoms with Crippen molar-refractivity contribution in [1.82, 2.24) is 0 Å². The molecular weight excluding hydrogens is 312 g/mol. The van der Waals surface area contributed by atoms with E-state index in [0.29, 0.717) is 11.3 Å². The maximum absolute atomic E-state index is 10.2. The van der Waals surface area contributed by atoms with E-state index in [1.807, 2.05) is 0 Å². The van der Waals surface area contributed by atoms with Crippen LogP contribution in [0.25, 0.3) is 0 Å². The Bertz CT molecular complexity index is 592. The van der Waals surface area contributed by atoms with Gasteiger partial charge in [-0.05, 0) is 86.5 Å². The van der Waals surface area contributed by atoms with E-state index >= 15 is 0 Å². The first-order chi connectivity index (χ1) is 11.9. The molecule has 0 radical (unpaired) electrons. The predicted octanol–water partition coefficient (Wildman–Crippen LogP) is 4.30. The largest absolute Gasteiger partial charge is 0.393 e. The summed E-state index contributed by atoms with van der Waals surface area (Å²) in [4.78, 5) is 0.